The fraction of sp³-hybridized carbons (Fsp3) is 0.579. The van der Waals surface area contributed by atoms with Crippen LogP contribution in [0.25, 0.3) is 5.65 Å². The smallest absolute Gasteiger partial charge is 0.435 e. The quantitative estimate of drug-likeness (QED) is 0.781. The van der Waals surface area contributed by atoms with Crippen LogP contribution in [0.5, 0.6) is 5.75 Å². The van der Waals surface area contributed by atoms with Crippen molar-refractivity contribution < 1.29 is 27.8 Å². The SMILES string of the molecule is CC(CO)NC(=O)c1c(C(F)(F)F)nc2c(OCC3CCCCC3)cccn12. The monoisotopic (exact) mass is 399 g/mol. The highest BCUT2D eigenvalue weighted by molar-refractivity contribution is 5.95. The zero-order valence-corrected chi connectivity index (χ0v) is 15.6. The Morgan fingerprint density at radius 1 is 1.39 bits per heavy atom. The van der Waals surface area contributed by atoms with Crippen molar-refractivity contribution in [1.29, 1.82) is 0 Å². The molecule has 6 nitrogen and oxygen atoms in total. The second-order valence-electron chi connectivity index (χ2n) is 7.24. The topological polar surface area (TPSA) is 75.9 Å². The lowest BCUT2D eigenvalue weighted by atomic mass is 9.90. The zero-order valence-electron chi connectivity index (χ0n) is 15.6. The number of hydrogen-bond donors (Lipinski definition) is 2. The van der Waals surface area contributed by atoms with Gasteiger partial charge in [0.1, 0.15) is 5.69 Å². The van der Waals surface area contributed by atoms with Crippen molar-refractivity contribution in [3.8, 4) is 5.75 Å². The summed E-state index contributed by atoms with van der Waals surface area (Å²) in [6.45, 7) is 1.52. The van der Waals surface area contributed by atoms with Crippen LogP contribution in [0, 0.1) is 5.92 Å². The minimum atomic E-state index is -4.80. The molecule has 0 spiro atoms. The molecule has 1 fully saturated rings. The van der Waals surface area contributed by atoms with E-state index in [4.69, 9.17) is 9.84 Å². The number of carbonyl (C=O) groups excluding carboxylic acids is 1. The lowest BCUT2D eigenvalue weighted by molar-refractivity contribution is -0.141. The number of halogens is 3. The average molecular weight is 399 g/mol. The van der Waals surface area contributed by atoms with Crippen molar-refractivity contribution >= 4 is 11.6 Å². The Balaban J connectivity index is 1.96. The van der Waals surface area contributed by atoms with E-state index in [2.05, 4.69) is 10.3 Å². The zero-order chi connectivity index (χ0) is 20.3. The van der Waals surface area contributed by atoms with Crippen LogP contribution in [0.15, 0.2) is 18.3 Å². The van der Waals surface area contributed by atoms with Crippen molar-refractivity contribution in [1.82, 2.24) is 14.7 Å². The maximum Gasteiger partial charge on any atom is 0.435 e. The summed E-state index contributed by atoms with van der Waals surface area (Å²) in [6, 6.07) is 2.39. The molecule has 0 bridgehead atoms. The highest BCUT2D eigenvalue weighted by Crippen LogP contribution is 2.34. The summed E-state index contributed by atoms with van der Waals surface area (Å²) in [4.78, 5) is 16.1. The molecule has 2 heterocycles. The third-order valence-corrected chi connectivity index (χ3v) is 4.95. The highest BCUT2D eigenvalue weighted by atomic mass is 19.4. The van der Waals surface area contributed by atoms with Gasteiger partial charge in [-0.3, -0.25) is 9.20 Å². The van der Waals surface area contributed by atoms with Crippen molar-refractivity contribution in [3.05, 3.63) is 29.7 Å². The third-order valence-electron chi connectivity index (χ3n) is 4.95. The predicted octanol–water partition coefficient (Wildman–Crippen LogP) is 3.42. The molecule has 1 aliphatic carbocycles. The number of ether oxygens (including phenoxy) is 1. The molecule has 1 unspecified atom stereocenters. The molecule has 154 valence electrons. The molecule has 2 N–H and O–H groups in total. The summed E-state index contributed by atoms with van der Waals surface area (Å²) < 4.78 is 47.5. The van der Waals surface area contributed by atoms with E-state index in [1.807, 2.05) is 0 Å². The number of nitrogens with zero attached hydrogens (tertiary/aromatic N) is 2. The highest BCUT2D eigenvalue weighted by Gasteiger charge is 2.40. The van der Waals surface area contributed by atoms with Crippen LogP contribution in [0.1, 0.15) is 55.2 Å². The number of rotatable bonds is 6. The Labute approximate surface area is 160 Å². The number of hydrogen-bond acceptors (Lipinski definition) is 4. The van der Waals surface area contributed by atoms with E-state index >= 15 is 0 Å². The Hall–Kier alpha value is -2.29. The van der Waals surface area contributed by atoms with Gasteiger partial charge >= 0.3 is 6.18 Å². The van der Waals surface area contributed by atoms with Gasteiger partial charge in [-0.2, -0.15) is 13.2 Å². The van der Waals surface area contributed by atoms with Crippen LogP contribution in [-0.2, 0) is 6.18 Å². The first-order valence-corrected chi connectivity index (χ1v) is 9.44. The van der Waals surface area contributed by atoms with Gasteiger partial charge in [0.05, 0.1) is 13.2 Å². The van der Waals surface area contributed by atoms with Crippen molar-refractivity contribution in [3.63, 3.8) is 0 Å². The summed E-state index contributed by atoms with van der Waals surface area (Å²) in [5.74, 6) is -0.363. The first kappa shape index (κ1) is 20.4. The summed E-state index contributed by atoms with van der Waals surface area (Å²) in [5, 5.41) is 11.4. The number of imidazole rings is 1. The molecule has 0 saturated heterocycles. The standard InChI is InChI=1S/C19H24F3N3O3/c1-12(10-26)23-18(27)15-16(19(20,21)22)24-17-14(8-5-9-25(15)17)28-11-13-6-3-2-4-7-13/h5,8-9,12-13,26H,2-4,6-7,10-11H2,1H3,(H,23,27). The van der Waals surface area contributed by atoms with Gasteiger partial charge in [0.25, 0.3) is 5.91 Å². The van der Waals surface area contributed by atoms with Crippen molar-refractivity contribution in [2.24, 2.45) is 5.92 Å². The van der Waals surface area contributed by atoms with Gasteiger partial charge in [-0.25, -0.2) is 4.98 Å². The summed E-state index contributed by atoms with van der Waals surface area (Å²) in [5.41, 5.74) is -1.94. The molecule has 1 atom stereocenters. The molecule has 1 amide bonds. The van der Waals surface area contributed by atoms with Gasteiger partial charge in [-0.1, -0.05) is 19.3 Å². The minimum absolute atomic E-state index is 0.0487. The average Bonchev–Trinajstić information content (AvgIpc) is 3.08. The normalized spacial score (nSPS) is 16.9. The van der Waals surface area contributed by atoms with Gasteiger partial charge in [0, 0.05) is 12.2 Å². The van der Waals surface area contributed by atoms with Crippen LogP contribution >= 0.6 is 0 Å². The minimum Gasteiger partial charge on any atom is -0.489 e. The van der Waals surface area contributed by atoms with E-state index in [9.17, 15) is 18.0 Å². The molecule has 0 radical (unpaired) electrons. The number of fused-ring (bicyclic) bond motifs is 1. The molecule has 0 aromatic carbocycles. The number of alkyl halides is 3. The molecule has 9 heteroatoms. The lowest BCUT2D eigenvalue weighted by Crippen LogP contribution is -2.36. The second-order valence-corrected chi connectivity index (χ2v) is 7.24. The first-order valence-electron chi connectivity index (χ1n) is 9.44. The number of amides is 1. The maximum absolute atomic E-state index is 13.5. The summed E-state index contributed by atoms with van der Waals surface area (Å²) in [7, 11) is 0. The molecule has 2 aromatic rings. The molecule has 1 saturated carbocycles. The van der Waals surface area contributed by atoms with E-state index in [-0.39, 0.29) is 18.0 Å². The van der Waals surface area contributed by atoms with Crippen LogP contribution in [0.4, 0.5) is 13.2 Å². The fourth-order valence-corrected chi connectivity index (χ4v) is 3.47. The van der Waals surface area contributed by atoms with Crippen molar-refractivity contribution in [2.75, 3.05) is 13.2 Å². The molecule has 3 rings (SSSR count). The van der Waals surface area contributed by atoms with E-state index in [0.29, 0.717) is 12.5 Å². The van der Waals surface area contributed by atoms with Gasteiger partial charge in [-0.05, 0) is 37.8 Å². The summed E-state index contributed by atoms with van der Waals surface area (Å²) in [6.07, 6.45) is 2.09. The van der Waals surface area contributed by atoms with Gasteiger partial charge in [-0.15, -0.1) is 0 Å². The Kier molecular flexibility index (Phi) is 6.12. The molecular formula is C19H24F3N3O3. The van der Waals surface area contributed by atoms with E-state index in [0.717, 1.165) is 30.1 Å². The Morgan fingerprint density at radius 2 is 2.11 bits per heavy atom. The number of pyridine rings is 1. The van der Waals surface area contributed by atoms with Crippen LogP contribution < -0.4 is 10.1 Å². The fourth-order valence-electron chi connectivity index (χ4n) is 3.47. The van der Waals surface area contributed by atoms with Gasteiger partial charge in [0.15, 0.2) is 17.1 Å². The number of aromatic nitrogens is 2. The van der Waals surface area contributed by atoms with E-state index in [1.165, 1.54) is 25.6 Å². The van der Waals surface area contributed by atoms with E-state index in [1.54, 1.807) is 6.07 Å². The Morgan fingerprint density at radius 3 is 2.75 bits per heavy atom. The third kappa shape index (κ3) is 4.40. The Bertz CT molecular complexity index is 829. The van der Waals surface area contributed by atoms with Crippen LogP contribution in [-0.4, -0.2) is 39.7 Å². The first-order chi connectivity index (χ1) is 13.3. The maximum atomic E-state index is 13.5. The predicted molar refractivity (Wildman–Crippen MR) is 96.3 cm³/mol. The molecule has 28 heavy (non-hydrogen) atoms. The van der Waals surface area contributed by atoms with Crippen LogP contribution in [0.2, 0.25) is 0 Å². The molecule has 2 aromatic heterocycles. The number of aliphatic hydroxyl groups is 1. The molecule has 0 aliphatic heterocycles. The number of aliphatic hydroxyl groups excluding tert-OH is 1. The van der Waals surface area contributed by atoms with Crippen molar-refractivity contribution in [2.45, 2.75) is 51.2 Å². The second kappa shape index (κ2) is 8.38. The largest absolute Gasteiger partial charge is 0.489 e. The van der Waals surface area contributed by atoms with E-state index < -0.39 is 29.5 Å². The number of carbonyl (C=O) groups is 1. The number of nitrogens with one attached hydrogen (secondary N) is 1. The summed E-state index contributed by atoms with van der Waals surface area (Å²) >= 11 is 0. The lowest BCUT2D eigenvalue weighted by Gasteiger charge is -2.21. The van der Waals surface area contributed by atoms with Gasteiger partial charge < -0.3 is 15.2 Å². The molecular weight excluding hydrogens is 375 g/mol. The molecule has 1 aliphatic rings. The van der Waals surface area contributed by atoms with Crippen LogP contribution in [0.3, 0.4) is 0 Å². The van der Waals surface area contributed by atoms with Gasteiger partial charge in [0.2, 0.25) is 0 Å².